The van der Waals surface area contributed by atoms with Gasteiger partial charge in [0.15, 0.2) is 0 Å². The number of thiophene rings is 2. The molecule has 2 aromatic heterocycles. The van der Waals surface area contributed by atoms with Gasteiger partial charge < -0.3 is 4.90 Å². The molecule has 0 spiro atoms. The zero-order valence-electron chi connectivity index (χ0n) is 12.3. The van der Waals surface area contributed by atoms with E-state index in [0.29, 0.717) is 26.8 Å². The molecule has 0 aromatic carbocycles. The van der Waals surface area contributed by atoms with Crippen molar-refractivity contribution in [1.29, 1.82) is 0 Å². The number of nitrogens with one attached hydrogen (secondary N) is 1. The van der Waals surface area contributed by atoms with Crippen LogP contribution in [0.15, 0.2) is 26.2 Å². The Morgan fingerprint density at radius 3 is 2.57 bits per heavy atom. The molecule has 0 aliphatic heterocycles. The van der Waals surface area contributed by atoms with Crippen molar-refractivity contribution in [2.75, 3.05) is 17.8 Å². The topological polar surface area (TPSA) is 66.5 Å². The highest BCUT2D eigenvalue weighted by Crippen LogP contribution is 2.36. The number of carbonyl (C=O) groups excluding carboxylic acids is 1. The Labute approximate surface area is 156 Å². The van der Waals surface area contributed by atoms with E-state index in [1.54, 1.807) is 16.3 Å². The van der Waals surface area contributed by atoms with Gasteiger partial charge in [0, 0.05) is 17.6 Å². The van der Waals surface area contributed by atoms with Crippen LogP contribution in [0.25, 0.3) is 0 Å². The van der Waals surface area contributed by atoms with Crippen molar-refractivity contribution in [3.05, 3.63) is 31.2 Å². The Morgan fingerprint density at radius 1 is 1.39 bits per heavy atom. The lowest BCUT2D eigenvalue weighted by molar-refractivity contribution is 0.0779. The molecular formula is C13H14BrClN2O3S3. The summed E-state index contributed by atoms with van der Waals surface area (Å²) in [6, 6.07) is 3.02. The molecule has 0 aliphatic carbocycles. The fourth-order valence-corrected chi connectivity index (χ4v) is 6.12. The van der Waals surface area contributed by atoms with E-state index in [4.69, 9.17) is 11.6 Å². The number of halogens is 2. The summed E-state index contributed by atoms with van der Waals surface area (Å²) in [5.74, 6) is -0.187. The lowest BCUT2D eigenvalue weighted by atomic mass is 10.3. The number of carbonyl (C=O) groups is 1. The molecule has 0 bridgehead atoms. The summed E-state index contributed by atoms with van der Waals surface area (Å²) in [7, 11) is -3.79. The van der Waals surface area contributed by atoms with Gasteiger partial charge in [-0.3, -0.25) is 9.52 Å². The van der Waals surface area contributed by atoms with Crippen molar-refractivity contribution in [3.63, 3.8) is 0 Å². The van der Waals surface area contributed by atoms with E-state index < -0.39 is 10.0 Å². The fourth-order valence-electron chi connectivity index (χ4n) is 1.86. The number of nitrogens with zero attached hydrogens (tertiary/aromatic N) is 1. The van der Waals surface area contributed by atoms with E-state index in [-0.39, 0.29) is 15.8 Å². The molecule has 0 aliphatic rings. The molecule has 2 rings (SSSR count). The molecule has 0 saturated carbocycles. The monoisotopic (exact) mass is 456 g/mol. The van der Waals surface area contributed by atoms with Crippen LogP contribution in [0.3, 0.4) is 0 Å². The predicted molar refractivity (Wildman–Crippen MR) is 99.4 cm³/mol. The van der Waals surface area contributed by atoms with Gasteiger partial charge in [-0.2, -0.15) is 0 Å². The van der Waals surface area contributed by atoms with Crippen LogP contribution in [0.4, 0.5) is 5.69 Å². The van der Waals surface area contributed by atoms with Gasteiger partial charge in [-0.05, 0) is 47.3 Å². The van der Waals surface area contributed by atoms with E-state index in [9.17, 15) is 13.2 Å². The van der Waals surface area contributed by atoms with Gasteiger partial charge in [-0.25, -0.2) is 8.42 Å². The minimum Gasteiger partial charge on any atom is -0.338 e. The number of amides is 1. The van der Waals surface area contributed by atoms with Crippen LogP contribution in [-0.4, -0.2) is 32.3 Å². The zero-order chi connectivity index (χ0) is 17.2. The summed E-state index contributed by atoms with van der Waals surface area (Å²) in [6.45, 7) is 4.88. The lowest BCUT2D eigenvalue weighted by Crippen LogP contribution is -2.30. The van der Waals surface area contributed by atoms with Crippen molar-refractivity contribution in [3.8, 4) is 0 Å². The number of rotatable bonds is 6. The largest absolute Gasteiger partial charge is 0.338 e. The van der Waals surface area contributed by atoms with Gasteiger partial charge in [0.1, 0.15) is 13.4 Å². The van der Waals surface area contributed by atoms with Crippen molar-refractivity contribution < 1.29 is 13.2 Å². The Morgan fingerprint density at radius 2 is 2.04 bits per heavy atom. The SMILES string of the molecule is CCN(CC)C(=O)c1sccc1NS(=O)(=O)c1cc(Br)c(Cl)s1. The van der Waals surface area contributed by atoms with Gasteiger partial charge >= 0.3 is 0 Å². The maximum atomic E-state index is 12.4. The van der Waals surface area contributed by atoms with E-state index >= 15 is 0 Å². The highest BCUT2D eigenvalue weighted by Gasteiger charge is 2.24. The second kappa shape index (κ2) is 7.52. The molecule has 0 atom stereocenters. The van der Waals surface area contributed by atoms with Crippen LogP contribution < -0.4 is 4.72 Å². The van der Waals surface area contributed by atoms with E-state index in [1.807, 2.05) is 13.8 Å². The third-order valence-electron chi connectivity index (χ3n) is 3.04. The minimum absolute atomic E-state index is 0.0850. The molecule has 0 fully saturated rings. The normalized spacial score (nSPS) is 11.5. The van der Waals surface area contributed by atoms with E-state index in [1.165, 1.54) is 17.4 Å². The molecule has 23 heavy (non-hydrogen) atoms. The lowest BCUT2D eigenvalue weighted by Gasteiger charge is -2.18. The summed E-state index contributed by atoms with van der Waals surface area (Å²) in [4.78, 5) is 14.5. The maximum absolute atomic E-state index is 12.4. The summed E-state index contributed by atoms with van der Waals surface area (Å²) >= 11 is 11.2. The van der Waals surface area contributed by atoms with E-state index in [0.717, 1.165) is 11.3 Å². The first-order valence-electron chi connectivity index (χ1n) is 6.64. The van der Waals surface area contributed by atoms with Crippen LogP contribution in [0.2, 0.25) is 4.34 Å². The van der Waals surface area contributed by atoms with Gasteiger partial charge in [0.05, 0.1) is 5.69 Å². The quantitative estimate of drug-likeness (QED) is 0.694. The zero-order valence-corrected chi connectivity index (χ0v) is 17.1. The second-order valence-corrected chi connectivity index (χ2v) is 9.77. The van der Waals surface area contributed by atoms with Crippen LogP contribution >= 0.6 is 50.2 Å². The molecule has 1 N–H and O–H groups in total. The smallest absolute Gasteiger partial charge is 0.271 e. The third kappa shape index (κ3) is 4.08. The van der Waals surface area contributed by atoms with Gasteiger partial charge in [0.25, 0.3) is 15.9 Å². The third-order valence-corrected chi connectivity index (χ3v) is 8.26. The first-order chi connectivity index (χ1) is 10.8. The fraction of sp³-hybridized carbons (Fsp3) is 0.308. The van der Waals surface area contributed by atoms with Crippen molar-refractivity contribution in [1.82, 2.24) is 4.90 Å². The Bertz CT molecular complexity index is 793. The highest BCUT2D eigenvalue weighted by atomic mass is 79.9. The first-order valence-corrected chi connectivity index (χ1v) is 11.0. The average Bonchev–Trinajstić information content (AvgIpc) is 3.07. The van der Waals surface area contributed by atoms with Crippen LogP contribution in [0.5, 0.6) is 0 Å². The molecule has 10 heteroatoms. The Balaban J connectivity index is 2.31. The standard InChI is InChI=1S/C13H14BrClN2O3S3/c1-3-17(4-2)13(18)11-9(5-6-21-11)16-23(19,20)10-7-8(14)12(15)22-10/h5-7,16H,3-4H2,1-2H3. The Hall–Kier alpha value is -0.610. The van der Waals surface area contributed by atoms with Crippen molar-refractivity contribution in [2.45, 2.75) is 18.1 Å². The molecule has 2 heterocycles. The van der Waals surface area contributed by atoms with Crippen molar-refractivity contribution in [2.24, 2.45) is 0 Å². The van der Waals surface area contributed by atoms with Gasteiger partial charge in [0.2, 0.25) is 0 Å². The van der Waals surface area contributed by atoms with Gasteiger partial charge in [-0.15, -0.1) is 22.7 Å². The minimum atomic E-state index is -3.79. The molecule has 0 radical (unpaired) electrons. The molecule has 5 nitrogen and oxygen atoms in total. The van der Waals surface area contributed by atoms with Crippen LogP contribution in [-0.2, 0) is 10.0 Å². The molecular weight excluding hydrogens is 444 g/mol. The van der Waals surface area contributed by atoms with Crippen LogP contribution in [0, 0.1) is 0 Å². The number of hydrogen-bond donors (Lipinski definition) is 1. The molecule has 0 unspecified atom stereocenters. The molecule has 1 amide bonds. The predicted octanol–water partition coefficient (Wildman–Crippen LogP) is 4.51. The highest BCUT2D eigenvalue weighted by molar-refractivity contribution is 9.10. The molecule has 2 aromatic rings. The number of anilines is 1. The van der Waals surface area contributed by atoms with Crippen LogP contribution in [0.1, 0.15) is 23.5 Å². The summed E-state index contributed by atoms with van der Waals surface area (Å²) in [5.41, 5.74) is 0.285. The number of hydrogen-bond acceptors (Lipinski definition) is 5. The molecule has 126 valence electrons. The van der Waals surface area contributed by atoms with E-state index in [2.05, 4.69) is 20.7 Å². The maximum Gasteiger partial charge on any atom is 0.271 e. The van der Waals surface area contributed by atoms with Gasteiger partial charge in [-0.1, -0.05) is 11.6 Å². The first kappa shape index (κ1) is 18.7. The Kier molecular flexibility index (Phi) is 6.12. The van der Waals surface area contributed by atoms with Crippen molar-refractivity contribution >= 4 is 71.8 Å². The summed E-state index contributed by atoms with van der Waals surface area (Å²) in [5, 5.41) is 1.69. The second-order valence-electron chi connectivity index (χ2n) is 4.43. The summed E-state index contributed by atoms with van der Waals surface area (Å²) < 4.78 is 28.3. The summed E-state index contributed by atoms with van der Waals surface area (Å²) in [6.07, 6.45) is 0. The molecule has 0 saturated heterocycles. The average molecular weight is 458 g/mol. The number of sulfonamides is 1.